The molecule has 2 N–H and O–H groups in total. The Bertz CT molecular complexity index is 635. The van der Waals surface area contributed by atoms with Gasteiger partial charge in [0.1, 0.15) is 5.76 Å². The van der Waals surface area contributed by atoms with Crippen molar-refractivity contribution < 1.29 is 13.9 Å². The lowest BCUT2D eigenvalue weighted by Gasteiger charge is -2.35. The van der Waals surface area contributed by atoms with Crippen molar-refractivity contribution >= 4 is 12.1 Å². The molecule has 0 bridgehead atoms. The highest BCUT2D eigenvalue weighted by molar-refractivity contribution is 5.80. The van der Waals surface area contributed by atoms with E-state index in [0.29, 0.717) is 25.7 Å². The second kappa shape index (κ2) is 11.1. The molecule has 2 fully saturated rings. The van der Waals surface area contributed by atoms with E-state index in [4.69, 9.17) is 9.15 Å². The first-order valence-corrected chi connectivity index (χ1v) is 10.9. The Hall–Kier alpha value is -2.22. The zero-order valence-electron chi connectivity index (χ0n) is 17.7. The van der Waals surface area contributed by atoms with Crippen molar-refractivity contribution in [3.63, 3.8) is 0 Å². The van der Waals surface area contributed by atoms with Gasteiger partial charge >= 0.3 is 6.09 Å². The van der Waals surface area contributed by atoms with Gasteiger partial charge in [0.2, 0.25) is 0 Å². The van der Waals surface area contributed by atoms with E-state index in [0.717, 1.165) is 44.2 Å². The molecule has 3 rings (SSSR count). The summed E-state index contributed by atoms with van der Waals surface area (Å²) in [7, 11) is 1.80. The molecule has 29 heavy (non-hydrogen) atoms. The Morgan fingerprint density at radius 3 is 2.66 bits per heavy atom. The van der Waals surface area contributed by atoms with E-state index in [1.165, 1.54) is 19.3 Å². The fraction of sp³-hybridized carbons (Fsp3) is 0.714. The molecule has 162 valence electrons. The SMILES string of the molecule is CCOC(=O)N1CCC(NC(=NC)NCC(c2ccco2)N2CCCCC2)CC1. The predicted octanol–water partition coefficient (Wildman–Crippen LogP) is 2.59. The maximum atomic E-state index is 11.9. The molecular formula is C21H35N5O3. The monoisotopic (exact) mass is 405 g/mol. The Labute approximate surface area is 173 Å². The first-order valence-electron chi connectivity index (χ1n) is 10.9. The second-order valence-corrected chi connectivity index (χ2v) is 7.69. The van der Waals surface area contributed by atoms with Gasteiger partial charge in [-0.3, -0.25) is 9.89 Å². The first kappa shape index (κ1) is 21.5. The van der Waals surface area contributed by atoms with E-state index in [-0.39, 0.29) is 12.1 Å². The lowest BCUT2D eigenvalue weighted by molar-refractivity contribution is 0.0962. The van der Waals surface area contributed by atoms with Crippen LogP contribution in [0.1, 0.15) is 50.8 Å². The topological polar surface area (TPSA) is 82.3 Å². The van der Waals surface area contributed by atoms with E-state index in [1.807, 2.05) is 13.0 Å². The van der Waals surface area contributed by atoms with Gasteiger partial charge in [0.25, 0.3) is 0 Å². The second-order valence-electron chi connectivity index (χ2n) is 7.69. The number of carbonyl (C=O) groups excluding carboxylic acids is 1. The maximum absolute atomic E-state index is 11.9. The molecule has 1 atom stereocenters. The molecule has 0 aliphatic carbocycles. The van der Waals surface area contributed by atoms with Crippen LogP contribution in [0.15, 0.2) is 27.8 Å². The van der Waals surface area contributed by atoms with E-state index in [2.05, 4.69) is 26.6 Å². The van der Waals surface area contributed by atoms with Gasteiger partial charge < -0.3 is 24.7 Å². The quantitative estimate of drug-likeness (QED) is 0.559. The highest BCUT2D eigenvalue weighted by Gasteiger charge is 2.26. The summed E-state index contributed by atoms with van der Waals surface area (Å²) in [5.74, 6) is 1.80. The van der Waals surface area contributed by atoms with Gasteiger partial charge in [-0.05, 0) is 57.8 Å². The van der Waals surface area contributed by atoms with Crippen LogP contribution >= 0.6 is 0 Å². The minimum Gasteiger partial charge on any atom is -0.468 e. The number of piperidine rings is 2. The summed E-state index contributed by atoms with van der Waals surface area (Å²) >= 11 is 0. The van der Waals surface area contributed by atoms with Crippen LogP contribution < -0.4 is 10.6 Å². The predicted molar refractivity (Wildman–Crippen MR) is 113 cm³/mol. The fourth-order valence-corrected chi connectivity index (χ4v) is 4.12. The number of hydrogen-bond acceptors (Lipinski definition) is 5. The molecule has 1 amide bonds. The van der Waals surface area contributed by atoms with Crippen molar-refractivity contribution in [2.75, 3.05) is 46.4 Å². The van der Waals surface area contributed by atoms with Crippen LogP contribution in [-0.2, 0) is 4.74 Å². The minimum atomic E-state index is -0.212. The van der Waals surface area contributed by atoms with Crippen LogP contribution in [0.2, 0.25) is 0 Å². The number of nitrogens with one attached hydrogen (secondary N) is 2. The number of rotatable bonds is 6. The van der Waals surface area contributed by atoms with Crippen molar-refractivity contribution in [2.24, 2.45) is 4.99 Å². The molecule has 0 aromatic carbocycles. The normalized spacial score (nSPS) is 20.3. The highest BCUT2D eigenvalue weighted by Crippen LogP contribution is 2.24. The van der Waals surface area contributed by atoms with Crippen LogP contribution in [0.25, 0.3) is 0 Å². The fourth-order valence-electron chi connectivity index (χ4n) is 4.12. The van der Waals surface area contributed by atoms with Crippen molar-refractivity contribution in [1.29, 1.82) is 0 Å². The molecule has 0 saturated carbocycles. The largest absolute Gasteiger partial charge is 0.468 e. The average Bonchev–Trinajstić information content (AvgIpc) is 3.29. The Morgan fingerprint density at radius 2 is 2.03 bits per heavy atom. The number of ether oxygens (including phenoxy) is 1. The maximum Gasteiger partial charge on any atom is 0.409 e. The van der Waals surface area contributed by atoms with Crippen LogP contribution in [0.3, 0.4) is 0 Å². The van der Waals surface area contributed by atoms with Gasteiger partial charge in [0.05, 0.1) is 18.9 Å². The molecule has 2 aliphatic rings. The summed E-state index contributed by atoms with van der Waals surface area (Å²) in [6.07, 6.45) is 7.09. The number of carbonyl (C=O) groups is 1. The number of guanidine groups is 1. The number of hydrogen-bond donors (Lipinski definition) is 2. The minimum absolute atomic E-state index is 0.203. The zero-order chi connectivity index (χ0) is 20.5. The Kier molecular flexibility index (Phi) is 8.22. The molecule has 1 unspecified atom stereocenters. The van der Waals surface area contributed by atoms with Crippen LogP contribution in [0.5, 0.6) is 0 Å². The molecule has 1 aromatic heterocycles. The van der Waals surface area contributed by atoms with Gasteiger partial charge in [0, 0.05) is 32.7 Å². The Balaban J connectivity index is 1.49. The number of likely N-dealkylation sites (tertiary alicyclic amines) is 2. The molecule has 0 spiro atoms. The van der Waals surface area contributed by atoms with Crippen molar-refractivity contribution in [2.45, 2.75) is 51.1 Å². The van der Waals surface area contributed by atoms with Crippen molar-refractivity contribution in [1.82, 2.24) is 20.4 Å². The summed E-state index contributed by atoms with van der Waals surface area (Å²) in [5.41, 5.74) is 0. The molecular weight excluding hydrogens is 370 g/mol. The third kappa shape index (κ3) is 6.13. The summed E-state index contributed by atoms with van der Waals surface area (Å²) in [6, 6.07) is 4.51. The number of nitrogens with zero attached hydrogens (tertiary/aromatic N) is 3. The molecule has 1 aromatic rings. The molecule has 3 heterocycles. The van der Waals surface area contributed by atoms with Crippen molar-refractivity contribution in [3.05, 3.63) is 24.2 Å². The molecule has 8 heteroatoms. The summed E-state index contributed by atoms with van der Waals surface area (Å²) in [5, 5.41) is 7.00. The standard InChI is InChI=1S/C21H35N5O3/c1-3-28-21(27)26-13-9-17(10-14-26)24-20(22-2)23-16-18(19-8-7-15-29-19)25-11-5-4-6-12-25/h7-8,15,17-18H,3-6,9-14,16H2,1-2H3,(H2,22,23,24). The van der Waals surface area contributed by atoms with Gasteiger partial charge in [-0.25, -0.2) is 4.79 Å². The molecule has 0 radical (unpaired) electrons. The summed E-state index contributed by atoms with van der Waals surface area (Å²) in [6.45, 7) is 6.61. The molecule has 2 aliphatic heterocycles. The summed E-state index contributed by atoms with van der Waals surface area (Å²) < 4.78 is 10.8. The molecule has 2 saturated heterocycles. The highest BCUT2D eigenvalue weighted by atomic mass is 16.6. The van der Waals surface area contributed by atoms with E-state index in [9.17, 15) is 4.79 Å². The van der Waals surface area contributed by atoms with Gasteiger partial charge in [-0.1, -0.05) is 6.42 Å². The van der Waals surface area contributed by atoms with Crippen LogP contribution in [-0.4, -0.2) is 74.3 Å². The van der Waals surface area contributed by atoms with Crippen LogP contribution in [0, 0.1) is 0 Å². The third-order valence-electron chi connectivity index (χ3n) is 5.75. The lowest BCUT2D eigenvalue weighted by atomic mass is 10.1. The number of amides is 1. The number of furan rings is 1. The number of aliphatic imine (C=N–C) groups is 1. The zero-order valence-corrected chi connectivity index (χ0v) is 17.7. The van der Waals surface area contributed by atoms with E-state index >= 15 is 0 Å². The Morgan fingerprint density at radius 1 is 1.28 bits per heavy atom. The van der Waals surface area contributed by atoms with E-state index < -0.39 is 0 Å². The average molecular weight is 406 g/mol. The van der Waals surface area contributed by atoms with E-state index in [1.54, 1.807) is 18.2 Å². The van der Waals surface area contributed by atoms with Gasteiger partial charge in [-0.2, -0.15) is 0 Å². The van der Waals surface area contributed by atoms with Crippen molar-refractivity contribution in [3.8, 4) is 0 Å². The van der Waals surface area contributed by atoms with Crippen LogP contribution in [0.4, 0.5) is 4.79 Å². The van der Waals surface area contributed by atoms with Gasteiger partial charge in [-0.15, -0.1) is 0 Å². The lowest BCUT2D eigenvalue weighted by Crippen LogP contribution is -2.51. The summed E-state index contributed by atoms with van der Waals surface area (Å²) in [4.78, 5) is 20.5. The van der Waals surface area contributed by atoms with Gasteiger partial charge in [0.15, 0.2) is 5.96 Å². The molecule has 8 nitrogen and oxygen atoms in total. The smallest absolute Gasteiger partial charge is 0.409 e. The first-order chi connectivity index (χ1) is 14.2. The third-order valence-corrected chi connectivity index (χ3v) is 5.75.